The number of aromatic nitrogens is 1. The van der Waals surface area contributed by atoms with Gasteiger partial charge in [-0.25, -0.2) is 4.98 Å². The second kappa shape index (κ2) is 5.77. The first-order valence-electron chi connectivity index (χ1n) is 7.05. The van der Waals surface area contributed by atoms with Gasteiger partial charge in [-0.15, -0.1) is 0 Å². The van der Waals surface area contributed by atoms with Crippen molar-refractivity contribution in [2.75, 3.05) is 5.32 Å². The maximum atomic E-state index is 12.3. The number of hydrogen-bond donors (Lipinski definition) is 1. The summed E-state index contributed by atoms with van der Waals surface area (Å²) in [6.07, 6.45) is 1.68. The number of amides is 1. The quantitative estimate of drug-likeness (QED) is 0.945. The van der Waals surface area contributed by atoms with Crippen molar-refractivity contribution in [2.45, 2.75) is 32.1 Å². The van der Waals surface area contributed by atoms with Gasteiger partial charge in [0.1, 0.15) is 0 Å². The van der Waals surface area contributed by atoms with E-state index in [0.29, 0.717) is 22.9 Å². The standard InChI is InChI=1S/C16H16N2O2S/c1-2-14(20)18-16-17-12-8-11(9-13(19)15(12)21-16)10-6-4-3-5-7-10/h3-7,11H,2,8-9H2,1H3,(H,17,18,20)/t11-/m1/s1. The van der Waals surface area contributed by atoms with Gasteiger partial charge in [0.05, 0.1) is 10.6 Å². The lowest BCUT2D eigenvalue weighted by atomic mass is 9.85. The van der Waals surface area contributed by atoms with E-state index in [-0.39, 0.29) is 17.6 Å². The summed E-state index contributed by atoms with van der Waals surface area (Å²) in [7, 11) is 0. The molecule has 0 aliphatic heterocycles. The van der Waals surface area contributed by atoms with Crippen molar-refractivity contribution in [2.24, 2.45) is 0 Å². The predicted molar refractivity (Wildman–Crippen MR) is 82.9 cm³/mol. The number of hydrogen-bond acceptors (Lipinski definition) is 4. The van der Waals surface area contributed by atoms with E-state index in [1.165, 1.54) is 16.9 Å². The van der Waals surface area contributed by atoms with Crippen LogP contribution < -0.4 is 5.32 Å². The Kier molecular flexibility index (Phi) is 3.84. The highest BCUT2D eigenvalue weighted by Crippen LogP contribution is 2.36. The van der Waals surface area contributed by atoms with Gasteiger partial charge in [0.2, 0.25) is 5.91 Å². The molecule has 3 rings (SSSR count). The summed E-state index contributed by atoms with van der Waals surface area (Å²) >= 11 is 1.29. The normalized spacial score (nSPS) is 17.4. The maximum Gasteiger partial charge on any atom is 0.225 e. The van der Waals surface area contributed by atoms with E-state index in [0.717, 1.165) is 12.1 Å². The lowest BCUT2D eigenvalue weighted by Crippen LogP contribution is -2.17. The zero-order valence-corrected chi connectivity index (χ0v) is 12.6. The molecular formula is C16H16N2O2S. The van der Waals surface area contributed by atoms with Crippen LogP contribution in [0.4, 0.5) is 5.13 Å². The average Bonchev–Trinajstić information content (AvgIpc) is 2.91. The Morgan fingerprint density at radius 2 is 2.10 bits per heavy atom. The topological polar surface area (TPSA) is 59.1 Å². The van der Waals surface area contributed by atoms with E-state index in [9.17, 15) is 9.59 Å². The Bertz CT molecular complexity index is 679. The number of ketones is 1. The summed E-state index contributed by atoms with van der Waals surface area (Å²) in [4.78, 5) is 28.9. The molecule has 1 aromatic heterocycles. The number of carbonyl (C=O) groups excluding carboxylic acids is 2. The minimum atomic E-state index is -0.0758. The van der Waals surface area contributed by atoms with E-state index in [1.807, 2.05) is 18.2 Å². The summed E-state index contributed by atoms with van der Waals surface area (Å²) in [5.74, 6) is 0.232. The Morgan fingerprint density at radius 1 is 1.33 bits per heavy atom. The van der Waals surface area contributed by atoms with Crippen molar-refractivity contribution in [3.05, 3.63) is 46.5 Å². The number of thiazole rings is 1. The van der Waals surface area contributed by atoms with E-state index in [4.69, 9.17) is 0 Å². The van der Waals surface area contributed by atoms with Crippen molar-refractivity contribution >= 4 is 28.2 Å². The molecule has 2 aromatic rings. The molecule has 1 aromatic carbocycles. The lowest BCUT2D eigenvalue weighted by Gasteiger charge is -2.20. The second-order valence-electron chi connectivity index (χ2n) is 5.14. The van der Waals surface area contributed by atoms with Crippen molar-refractivity contribution in [1.82, 2.24) is 4.98 Å². The molecule has 0 fully saturated rings. The van der Waals surface area contributed by atoms with Gasteiger partial charge in [0.15, 0.2) is 10.9 Å². The summed E-state index contributed by atoms with van der Waals surface area (Å²) < 4.78 is 0. The number of carbonyl (C=O) groups is 2. The second-order valence-corrected chi connectivity index (χ2v) is 6.13. The summed E-state index contributed by atoms with van der Waals surface area (Å²) in [5, 5.41) is 3.28. The van der Waals surface area contributed by atoms with Crippen LogP contribution in [0.3, 0.4) is 0 Å². The van der Waals surface area contributed by atoms with Crippen LogP contribution in [-0.4, -0.2) is 16.7 Å². The number of nitrogens with zero attached hydrogens (tertiary/aromatic N) is 1. The molecule has 0 spiro atoms. The molecule has 1 aliphatic rings. The molecule has 21 heavy (non-hydrogen) atoms. The Balaban J connectivity index is 1.85. The maximum absolute atomic E-state index is 12.3. The number of Topliss-reactive ketones (excluding diaryl/α,β-unsaturated/α-hetero) is 1. The fourth-order valence-electron chi connectivity index (χ4n) is 2.55. The molecule has 108 valence electrons. The van der Waals surface area contributed by atoms with E-state index < -0.39 is 0 Å². The Hall–Kier alpha value is -2.01. The molecule has 0 bridgehead atoms. The SMILES string of the molecule is CCC(=O)Nc1nc2c(s1)C(=O)C[C@H](c1ccccc1)C2. The molecule has 0 unspecified atom stereocenters. The molecule has 4 nitrogen and oxygen atoms in total. The van der Waals surface area contributed by atoms with Crippen LogP contribution in [0.5, 0.6) is 0 Å². The fourth-order valence-corrected chi connectivity index (χ4v) is 3.51. The zero-order valence-electron chi connectivity index (χ0n) is 11.8. The molecule has 5 heteroatoms. The molecule has 0 radical (unpaired) electrons. The first-order valence-corrected chi connectivity index (χ1v) is 7.86. The first-order chi connectivity index (χ1) is 10.2. The third-order valence-corrected chi connectivity index (χ3v) is 4.71. The average molecular weight is 300 g/mol. The van der Waals surface area contributed by atoms with Crippen LogP contribution in [0.15, 0.2) is 30.3 Å². The number of nitrogens with one attached hydrogen (secondary N) is 1. The highest BCUT2D eigenvalue weighted by atomic mass is 32.1. The Morgan fingerprint density at radius 3 is 2.81 bits per heavy atom. The number of fused-ring (bicyclic) bond motifs is 1. The number of benzene rings is 1. The third-order valence-electron chi connectivity index (χ3n) is 3.66. The monoisotopic (exact) mass is 300 g/mol. The number of rotatable bonds is 3. The molecule has 1 amide bonds. The molecule has 0 saturated carbocycles. The molecule has 1 aliphatic carbocycles. The molecular weight excluding hydrogens is 284 g/mol. The van der Waals surface area contributed by atoms with Crippen LogP contribution >= 0.6 is 11.3 Å². The van der Waals surface area contributed by atoms with Gasteiger partial charge in [-0.05, 0) is 17.9 Å². The van der Waals surface area contributed by atoms with Gasteiger partial charge >= 0.3 is 0 Å². The van der Waals surface area contributed by atoms with Crippen LogP contribution in [0.2, 0.25) is 0 Å². The third kappa shape index (κ3) is 2.88. The van der Waals surface area contributed by atoms with E-state index in [1.54, 1.807) is 6.92 Å². The minimum Gasteiger partial charge on any atom is -0.302 e. The van der Waals surface area contributed by atoms with Gasteiger partial charge in [0, 0.05) is 12.8 Å². The van der Waals surface area contributed by atoms with Crippen LogP contribution in [0.1, 0.15) is 46.6 Å². The van der Waals surface area contributed by atoms with E-state index >= 15 is 0 Å². The predicted octanol–water partition coefficient (Wildman–Crippen LogP) is 3.40. The van der Waals surface area contributed by atoms with Crippen molar-refractivity contribution in [3.63, 3.8) is 0 Å². The van der Waals surface area contributed by atoms with Gasteiger partial charge in [-0.2, -0.15) is 0 Å². The minimum absolute atomic E-state index is 0.0758. The molecule has 1 atom stereocenters. The van der Waals surface area contributed by atoms with Crippen LogP contribution in [0, 0.1) is 0 Å². The van der Waals surface area contributed by atoms with Crippen molar-refractivity contribution < 1.29 is 9.59 Å². The van der Waals surface area contributed by atoms with Gasteiger partial charge in [0.25, 0.3) is 0 Å². The fraction of sp³-hybridized carbons (Fsp3) is 0.312. The zero-order chi connectivity index (χ0) is 14.8. The van der Waals surface area contributed by atoms with E-state index in [2.05, 4.69) is 22.4 Å². The van der Waals surface area contributed by atoms with Crippen molar-refractivity contribution in [3.8, 4) is 0 Å². The van der Waals surface area contributed by atoms with Gasteiger partial charge in [-0.1, -0.05) is 48.6 Å². The largest absolute Gasteiger partial charge is 0.302 e. The first kappa shape index (κ1) is 13.9. The van der Waals surface area contributed by atoms with Crippen LogP contribution in [0.25, 0.3) is 0 Å². The lowest BCUT2D eigenvalue weighted by molar-refractivity contribution is -0.115. The van der Waals surface area contributed by atoms with Crippen molar-refractivity contribution in [1.29, 1.82) is 0 Å². The highest BCUT2D eigenvalue weighted by molar-refractivity contribution is 7.17. The van der Waals surface area contributed by atoms with Crippen LogP contribution in [-0.2, 0) is 11.2 Å². The molecule has 1 heterocycles. The Labute approximate surface area is 127 Å². The molecule has 0 saturated heterocycles. The van der Waals surface area contributed by atoms with Gasteiger partial charge in [-0.3, -0.25) is 9.59 Å². The van der Waals surface area contributed by atoms with Gasteiger partial charge < -0.3 is 5.32 Å². The highest BCUT2D eigenvalue weighted by Gasteiger charge is 2.29. The molecule has 1 N–H and O–H groups in total. The summed E-state index contributed by atoms with van der Waals surface area (Å²) in [5.41, 5.74) is 1.99. The summed E-state index contributed by atoms with van der Waals surface area (Å²) in [6.45, 7) is 1.79. The number of anilines is 1. The summed E-state index contributed by atoms with van der Waals surface area (Å²) in [6, 6.07) is 10.1. The smallest absolute Gasteiger partial charge is 0.225 e.